The summed E-state index contributed by atoms with van der Waals surface area (Å²) >= 11 is 0. The smallest absolute Gasteiger partial charge is 0.313 e. The van der Waals surface area contributed by atoms with Crippen molar-refractivity contribution in [1.82, 2.24) is 14.9 Å². The van der Waals surface area contributed by atoms with Gasteiger partial charge in [0, 0.05) is 44.0 Å². The highest BCUT2D eigenvalue weighted by molar-refractivity contribution is 5.82. The van der Waals surface area contributed by atoms with Gasteiger partial charge < -0.3 is 24.5 Å². The maximum absolute atomic E-state index is 11.8. The molecule has 1 atom stereocenters. The summed E-state index contributed by atoms with van der Waals surface area (Å²) in [6.07, 6.45) is 2.77. The third-order valence-corrected chi connectivity index (χ3v) is 5.45. The highest BCUT2D eigenvalue weighted by Gasteiger charge is 2.36. The van der Waals surface area contributed by atoms with Crippen molar-refractivity contribution in [2.45, 2.75) is 31.7 Å². The fourth-order valence-corrected chi connectivity index (χ4v) is 3.43. The molecule has 0 bridgehead atoms. The zero-order chi connectivity index (χ0) is 18.9. The van der Waals surface area contributed by atoms with Gasteiger partial charge in [0.2, 0.25) is 5.95 Å². The Balaban J connectivity index is 1.95. The van der Waals surface area contributed by atoms with Gasteiger partial charge in [-0.05, 0) is 34.4 Å². The molecule has 3 heterocycles. The zero-order valence-corrected chi connectivity index (χ0v) is 16.1. The van der Waals surface area contributed by atoms with E-state index in [4.69, 9.17) is 9.72 Å². The molecule has 2 aliphatic rings. The number of ether oxygens (including phenoxy) is 1. The number of hydrogen-bond donors (Lipinski definition) is 1. The Hall–Kier alpha value is -1.93. The Morgan fingerprint density at radius 1 is 1.27 bits per heavy atom. The van der Waals surface area contributed by atoms with Gasteiger partial charge in [-0.25, -0.2) is 4.98 Å². The molecular formula is C18H29N5O3. The molecule has 0 aliphatic carbocycles. The molecule has 2 fully saturated rings. The SMILES string of the molecule is CN(C)[C@@H]1CCN(c2ncc(C(C)(C)C(=O)O)c(N3CCOCC3)n2)C1. The summed E-state index contributed by atoms with van der Waals surface area (Å²) in [6.45, 7) is 7.87. The fourth-order valence-electron chi connectivity index (χ4n) is 3.43. The van der Waals surface area contributed by atoms with Crippen molar-refractivity contribution in [3.63, 3.8) is 0 Å². The maximum atomic E-state index is 11.8. The Bertz CT molecular complexity index is 658. The summed E-state index contributed by atoms with van der Waals surface area (Å²) < 4.78 is 5.45. The molecule has 0 saturated carbocycles. The van der Waals surface area contributed by atoms with Crippen LogP contribution >= 0.6 is 0 Å². The van der Waals surface area contributed by atoms with Crippen molar-refractivity contribution in [1.29, 1.82) is 0 Å². The van der Waals surface area contributed by atoms with Gasteiger partial charge in [0.05, 0.1) is 18.6 Å². The summed E-state index contributed by atoms with van der Waals surface area (Å²) in [5.41, 5.74) is -0.400. The Labute approximate surface area is 154 Å². The van der Waals surface area contributed by atoms with E-state index >= 15 is 0 Å². The maximum Gasteiger partial charge on any atom is 0.313 e. The number of hydrogen-bond acceptors (Lipinski definition) is 7. The van der Waals surface area contributed by atoms with Crippen molar-refractivity contribution in [3.05, 3.63) is 11.8 Å². The van der Waals surface area contributed by atoms with Crippen LogP contribution in [0.2, 0.25) is 0 Å². The van der Waals surface area contributed by atoms with Crippen molar-refractivity contribution in [2.75, 3.05) is 63.3 Å². The molecule has 0 aromatic carbocycles. The molecule has 1 N–H and O–H groups in total. The lowest BCUT2D eigenvalue weighted by Gasteiger charge is -2.33. The van der Waals surface area contributed by atoms with Crippen LogP contribution in [-0.2, 0) is 14.9 Å². The van der Waals surface area contributed by atoms with Crippen LogP contribution < -0.4 is 9.80 Å². The lowest BCUT2D eigenvalue weighted by atomic mass is 9.85. The van der Waals surface area contributed by atoms with Crippen LogP contribution in [0, 0.1) is 0 Å². The molecule has 26 heavy (non-hydrogen) atoms. The second-order valence-electron chi connectivity index (χ2n) is 7.79. The highest BCUT2D eigenvalue weighted by Crippen LogP contribution is 2.33. The van der Waals surface area contributed by atoms with Crippen molar-refractivity contribution in [3.8, 4) is 0 Å². The number of carboxylic acids is 1. The quantitative estimate of drug-likeness (QED) is 0.823. The molecule has 0 amide bonds. The van der Waals surface area contributed by atoms with Gasteiger partial charge >= 0.3 is 5.97 Å². The number of likely N-dealkylation sites (N-methyl/N-ethyl adjacent to an activating group) is 1. The van der Waals surface area contributed by atoms with E-state index in [2.05, 4.69) is 33.8 Å². The van der Waals surface area contributed by atoms with Crippen LogP contribution in [0.5, 0.6) is 0 Å². The topological polar surface area (TPSA) is 82.0 Å². The van der Waals surface area contributed by atoms with Crippen LogP contribution in [0.25, 0.3) is 0 Å². The third kappa shape index (κ3) is 3.61. The Morgan fingerprint density at radius 2 is 1.96 bits per heavy atom. The van der Waals surface area contributed by atoms with E-state index < -0.39 is 11.4 Å². The number of anilines is 2. The first kappa shape index (κ1) is 18.8. The molecule has 2 aliphatic heterocycles. The van der Waals surface area contributed by atoms with Crippen molar-refractivity contribution >= 4 is 17.7 Å². The van der Waals surface area contributed by atoms with Gasteiger partial charge in [-0.1, -0.05) is 0 Å². The predicted octanol–water partition coefficient (Wildman–Crippen LogP) is 0.816. The molecule has 1 aromatic heterocycles. The van der Waals surface area contributed by atoms with Gasteiger partial charge in [-0.3, -0.25) is 4.79 Å². The van der Waals surface area contributed by atoms with E-state index in [1.54, 1.807) is 20.0 Å². The minimum atomic E-state index is -1.05. The lowest BCUT2D eigenvalue weighted by molar-refractivity contribution is -0.142. The molecule has 8 nitrogen and oxygen atoms in total. The monoisotopic (exact) mass is 363 g/mol. The summed E-state index contributed by atoms with van der Waals surface area (Å²) in [5.74, 6) is 0.525. The van der Waals surface area contributed by atoms with Gasteiger partial charge in [-0.2, -0.15) is 4.98 Å². The highest BCUT2D eigenvalue weighted by atomic mass is 16.5. The molecule has 0 spiro atoms. The van der Waals surface area contributed by atoms with Crippen LogP contribution in [0.4, 0.5) is 11.8 Å². The minimum Gasteiger partial charge on any atom is -0.481 e. The largest absolute Gasteiger partial charge is 0.481 e. The van der Waals surface area contributed by atoms with E-state index in [0.717, 1.165) is 25.3 Å². The number of morpholine rings is 1. The lowest BCUT2D eigenvalue weighted by Crippen LogP contribution is -2.40. The van der Waals surface area contributed by atoms with Crippen LogP contribution in [0.1, 0.15) is 25.8 Å². The predicted molar refractivity (Wildman–Crippen MR) is 100 cm³/mol. The molecule has 3 rings (SSSR count). The first-order valence-corrected chi connectivity index (χ1v) is 9.15. The molecule has 2 saturated heterocycles. The number of carbonyl (C=O) groups is 1. The molecule has 8 heteroatoms. The molecule has 0 unspecified atom stereocenters. The number of carboxylic acid groups (broad SMARTS) is 1. The average molecular weight is 363 g/mol. The van der Waals surface area contributed by atoms with E-state index in [9.17, 15) is 9.90 Å². The van der Waals surface area contributed by atoms with Crippen molar-refractivity contribution in [2.24, 2.45) is 0 Å². The Kier molecular flexibility index (Phi) is 5.34. The number of aliphatic carboxylic acids is 1. The summed E-state index contributed by atoms with van der Waals surface area (Å²) in [4.78, 5) is 27.7. The van der Waals surface area contributed by atoms with E-state index in [0.29, 0.717) is 43.9 Å². The zero-order valence-electron chi connectivity index (χ0n) is 16.1. The molecule has 0 radical (unpaired) electrons. The molecule has 144 valence electrons. The molecular weight excluding hydrogens is 334 g/mol. The summed E-state index contributed by atoms with van der Waals surface area (Å²) in [6, 6.07) is 0.487. The summed E-state index contributed by atoms with van der Waals surface area (Å²) in [7, 11) is 4.18. The van der Waals surface area contributed by atoms with Crippen LogP contribution in [-0.4, -0.2) is 85.5 Å². The molecule has 1 aromatic rings. The second kappa shape index (κ2) is 7.36. The van der Waals surface area contributed by atoms with Gasteiger partial charge in [0.25, 0.3) is 0 Å². The first-order valence-electron chi connectivity index (χ1n) is 9.15. The van der Waals surface area contributed by atoms with E-state index in [-0.39, 0.29) is 0 Å². The van der Waals surface area contributed by atoms with Gasteiger partial charge in [-0.15, -0.1) is 0 Å². The number of rotatable bonds is 5. The van der Waals surface area contributed by atoms with Gasteiger partial charge in [0.1, 0.15) is 5.82 Å². The number of nitrogens with zero attached hydrogens (tertiary/aromatic N) is 5. The van der Waals surface area contributed by atoms with Gasteiger partial charge in [0.15, 0.2) is 0 Å². The van der Waals surface area contributed by atoms with Crippen LogP contribution in [0.3, 0.4) is 0 Å². The third-order valence-electron chi connectivity index (χ3n) is 5.45. The van der Waals surface area contributed by atoms with Crippen molar-refractivity contribution < 1.29 is 14.6 Å². The normalized spacial score (nSPS) is 21.5. The Morgan fingerprint density at radius 3 is 2.54 bits per heavy atom. The first-order chi connectivity index (χ1) is 12.3. The summed E-state index contributed by atoms with van der Waals surface area (Å²) in [5, 5.41) is 9.68. The number of aromatic nitrogens is 2. The average Bonchev–Trinajstić information content (AvgIpc) is 3.12. The second-order valence-corrected chi connectivity index (χ2v) is 7.79. The fraction of sp³-hybridized carbons (Fsp3) is 0.722. The van der Waals surface area contributed by atoms with E-state index in [1.165, 1.54) is 0 Å². The standard InChI is InChI=1S/C18H29N5O3/c1-18(2,16(24)25)14-11-19-17(23-6-5-13(12-23)21(3)4)20-15(14)22-7-9-26-10-8-22/h11,13H,5-10,12H2,1-4H3,(H,24,25)/t13-/m1/s1. The van der Waals surface area contributed by atoms with E-state index in [1.807, 2.05) is 0 Å². The van der Waals surface area contributed by atoms with Crippen LogP contribution in [0.15, 0.2) is 6.20 Å². The minimum absolute atomic E-state index is 0.487.